The summed E-state index contributed by atoms with van der Waals surface area (Å²) in [6.07, 6.45) is 6.39. The Bertz CT molecular complexity index is 1380. The predicted octanol–water partition coefficient (Wildman–Crippen LogP) is 6.19. The standard InChI is InChI=1S/C33H38ClN3O3/c1-4-32(38)37(20-23-9-12-25(34)13-10-23)26-15-18-36(21-26)17-6-8-27-28-7-5-16-35-30(28)22-40-31-14-11-24(19-29(27)31)33(2,3)39/h5,7-14,16,19,26,39H,4,6,15,17-18,20-22H2,1-3H3/b27-8-. The minimum absolute atomic E-state index is 0.186. The molecule has 3 aromatic rings. The SMILES string of the molecule is CCC(=O)N(Cc1ccc(Cl)cc1)C1CCN(CC/C=C2\c3cc(C(C)(C)O)ccc3OCc3ncccc32)C1. The Labute approximate surface area is 242 Å². The molecule has 1 fully saturated rings. The number of halogens is 1. The van der Waals surface area contributed by atoms with Crippen LogP contribution in [0.5, 0.6) is 5.75 Å². The van der Waals surface area contributed by atoms with Gasteiger partial charge >= 0.3 is 0 Å². The van der Waals surface area contributed by atoms with Crippen LogP contribution in [0.2, 0.25) is 5.02 Å². The molecule has 0 spiro atoms. The highest BCUT2D eigenvalue weighted by atomic mass is 35.5. The Morgan fingerprint density at radius 2 is 2.00 bits per heavy atom. The Balaban J connectivity index is 1.33. The average Bonchev–Trinajstić information content (AvgIpc) is 3.35. The van der Waals surface area contributed by atoms with E-state index in [1.807, 2.05) is 60.4 Å². The first-order chi connectivity index (χ1) is 19.2. The molecule has 40 heavy (non-hydrogen) atoms. The van der Waals surface area contributed by atoms with E-state index in [9.17, 15) is 9.90 Å². The molecule has 0 aliphatic carbocycles. The molecule has 6 nitrogen and oxygen atoms in total. The van der Waals surface area contributed by atoms with E-state index in [4.69, 9.17) is 16.3 Å². The lowest BCUT2D eigenvalue weighted by atomic mass is 9.90. The molecule has 1 N–H and O–H groups in total. The zero-order valence-electron chi connectivity index (χ0n) is 23.6. The lowest BCUT2D eigenvalue weighted by molar-refractivity contribution is -0.133. The van der Waals surface area contributed by atoms with Gasteiger partial charge in [0.1, 0.15) is 12.4 Å². The number of rotatable bonds is 8. The first-order valence-electron chi connectivity index (χ1n) is 14.1. The van der Waals surface area contributed by atoms with Crippen LogP contribution >= 0.6 is 11.6 Å². The normalized spacial score (nSPS) is 18.1. The number of fused-ring (bicyclic) bond motifs is 2. The zero-order chi connectivity index (χ0) is 28.3. The molecule has 1 aromatic heterocycles. The molecular weight excluding hydrogens is 522 g/mol. The molecule has 2 aliphatic heterocycles. The molecule has 3 heterocycles. The van der Waals surface area contributed by atoms with Gasteiger partial charge in [-0.15, -0.1) is 0 Å². The summed E-state index contributed by atoms with van der Waals surface area (Å²) in [7, 11) is 0. The second-order valence-corrected chi connectivity index (χ2v) is 11.6. The largest absolute Gasteiger partial charge is 0.487 e. The molecule has 2 aliphatic rings. The number of aliphatic hydroxyl groups is 1. The third kappa shape index (κ3) is 6.41. The molecule has 1 amide bonds. The number of nitrogens with zero attached hydrogens (tertiary/aromatic N) is 3. The Hall–Kier alpha value is -3.19. The monoisotopic (exact) mass is 559 g/mol. The first-order valence-corrected chi connectivity index (χ1v) is 14.5. The molecule has 210 valence electrons. The van der Waals surface area contributed by atoms with E-state index in [0.29, 0.717) is 24.6 Å². The van der Waals surface area contributed by atoms with Gasteiger partial charge in [0.05, 0.1) is 11.3 Å². The first kappa shape index (κ1) is 28.3. The van der Waals surface area contributed by atoms with Crippen molar-refractivity contribution in [3.63, 3.8) is 0 Å². The molecule has 1 saturated heterocycles. The van der Waals surface area contributed by atoms with E-state index in [2.05, 4.69) is 22.0 Å². The number of benzene rings is 2. The summed E-state index contributed by atoms with van der Waals surface area (Å²) in [4.78, 5) is 22.0. The fourth-order valence-electron chi connectivity index (χ4n) is 5.63. The highest BCUT2D eigenvalue weighted by molar-refractivity contribution is 6.30. The topological polar surface area (TPSA) is 65.9 Å². The number of ether oxygens (including phenoxy) is 1. The minimum Gasteiger partial charge on any atom is -0.487 e. The number of likely N-dealkylation sites (tertiary alicyclic amines) is 1. The van der Waals surface area contributed by atoms with Gasteiger partial charge in [0.2, 0.25) is 5.91 Å². The maximum atomic E-state index is 12.9. The number of hydrogen-bond donors (Lipinski definition) is 1. The van der Waals surface area contributed by atoms with Crippen molar-refractivity contribution in [1.82, 2.24) is 14.8 Å². The summed E-state index contributed by atoms with van der Waals surface area (Å²) < 4.78 is 6.14. The van der Waals surface area contributed by atoms with Crippen LogP contribution in [0.4, 0.5) is 0 Å². The maximum absolute atomic E-state index is 12.9. The Morgan fingerprint density at radius 1 is 1.20 bits per heavy atom. The van der Waals surface area contributed by atoms with E-state index in [1.165, 1.54) is 0 Å². The number of carbonyl (C=O) groups is 1. The van der Waals surface area contributed by atoms with Gasteiger partial charge in [0.15, 0.2) is 0 Å². The summed E-state index contributed by atoms with van der Waals surface area (Å²) in [6, 6.07) is 17.9. The zero-order valence-corrected chi connectivity index (χ0v) is 24.3. The lowest BCUT2D eigenvalue weighted by Crippen LogP contribution is -2.41. The molecule has 1 atom stereocenters. The van der Waals surface area contributed by atoms with Crippen molar-refractivity contribution in [2.24, 2.45) is 0 Å². The molecule has 5 rings (SSSR count). The van der Waals surface area contributed by atoms with E-state index in [1.54, 1.807) is 20.0 Å². The summed E-state index contributed by atoms with van der Waals surface area (Å²) in [5.74, 6) is 0.986. The van der Waals surface area contributed by atoms with Crippen LogP contribution in [0.25, 0.3) is 5.57 Å². The van der Waals surface area contributed by atoms with Gasteiger partial charge in [-0.1, -0.05) is 48.9 Å². The van der Waals surface area contributed by atoms with Gasteiger partial charge in [0.25, 0.3) is 0 Å². The lowest BCUT2D eigenvalue weighted by Gasteiger charge is -2.29. The second-order valence-electron chi connectivity index (χ2n) is 11.2. The van der Waals surface area contributed by atoms with Gasteiger partial charge in [-0.3, -0.25) is 9.78 Å². The van der Waals surface area contributed by atoms with Gasteiger partial charge in [0, 0.05) is 61.0 Å². The minimum atomic E-state index is -0.956. The molecule has 0 bridgehead atoms. The molecular formula is C33H38ClN3O3. The van der Waals surface area contributed by atoms with Crippen molar-refractivity contribution in [3.8, 4) is 5.75 Å². The number of amides is 1. The van der Waals surface area contributed by atoms with Crippen LogP contribution in [0.3, 0.4) is 0 Å². The summed E-state index contributed by atoms with van der Waals surface area (Å²) >= 11 is 6.07. The average molecular weight is 560 g/mol. The quantitative estimate of drug-likeness (QED) is 0.356. The molecule has 0 radical (unpaired) electrons. The Kier molecular flexibility index (Phi) is 8.60. The maximum Gasteiger partial charge on any atom is 0.222 e. The smallest absolute Gasteiger partial charge is 0.222 e. The second kappa shape index (κ2) is 12.1. The van der Waals surface area contributed by atoms with Gasteiger partial charge in [-0.05, 0) is 73.7 Å². The van der Waals surface area contributed by atoms with Crippen LogP contribution in [0.1, 0.15) is 68.0 Å². The highest BCUT2D eigenvalue weighted by Gasteiger charge is 2.30. The summed E-state index contributed by atoms with van der Waals surface area (Å²) in [6.45, 7) is 9.27. The van der Waals surface area contributed by atoms with Crippen molar-refractivity contribution >= 4 is 23.1 Å². The third-order valence-electron chi connectivity index (χ3n) is 7.89. The van der Waals surface area contributed by atoms with Crippen molar-refractivity contribution in [1.29, 1.82) is 0 Å². The van der Waals surface area contributed by atoms with Crippen LogP contribution in [0, 0.1) is 0 Å². The summed E-state index contributed by atoms with van der Waals surface area (Å²) in [5, 5.41) is 11.4. The van der Waals surface area contributed by atoms with E-state index < -0.39 is 5.60 Å². The number of pyridine rings is 1. The van der Waals surface area contributed by atoms with Crippen LogP contribution in [-0.4, -0.2) is 51.5 Å². The number of hydrogen-bond acceptors (Lipinski definition) is 5. The van der Waals surface area contributed by atoms with E-state index in [0.717, 1.165) is 71.7 Å². The van der Waals surface area contributed by atoms with Crippen molar-refractivity contribution in [3.05, 3.63) is 99.8 Å². The van der Waals surface area contributed by atoms with Crippen molar-refractivity contribution in [2.45, 2.75) is 64.8 Å². The third-order valence-corrected chi connectivity index (χ3v) is 8.14. The van der Waals surface area contributed by atoms with E-state index >= 15 is 0 Å². The van der Waals surface area contributed by atoms with Crippen LogP contribution < -0.4 is 4.74 Å². The van der Waals surface area contributed by atoms with Crippen LogP contribution in [-0.2, 0) is 23.5 Å². The van der Waals surface area contributed by atoms with Gasteiger partial charge < -0.3 is 19.6 Å². The fourth-order valence-corrected chi connectivity index (χ4v) is 5.75. The Morgan fingerprint density at radius 3 is 2.75 bits per heavy atom. The van der Waals surface area contributed by atoms with Crippen LogP contribution in [0.15, 0.2) is 66.9 Å². The van der Waals surface area contributed by atoms with Gasteiger partial charge in [-0.2, -0.15) is 0 Å². The predicted molar refractivity (Wildman–Crippen MR) is 159 cm³/mol. The fraction of sp³-hybridized carbons (Fsp3) is 0.394. The molecule has 7 heteroatoms. The molecule has 1 unspecified atom stereocenters. The van der Waals surface area contributed by atoms with Crippen molar-refractivity contribution in [2.75, 3.05) is 19.6 Å². The highest BCUT2D eigenvalue weighted by Crippen LogP contribution is 2.38. The molecule has 2 aromatic carbocycles. The van der Waals surface area contributed by atoms with E-state index in [-0.39, 0.29) is 11.9 Å². The van der Waals surface area contributed by atoms with Gasteiger partial charge in [-0.25, -0.2) is 0 Å². The number of aromatic nitrogens is 1. The molecule has 0 saturated carbocycles. The van der Waals surface area contributed by atoms with Crippen molar-refractivity contribution < 1.29 is 14.6 Å². The summed E-state index contributed by atoms with van der Waals surface area (Å²) in [5.41, 5.74) is 5.03. The number of carbonyl (C=O) groups excluding carboxylic acids is 1.